The maximum atomic E-state index is 12.7. The number of nitrogens with one attached hydrogen (secondary N) is 1. The summed E-state index contributed by atoms with van der Waals surface area (Å²) >= 11 is 0. The average molecular weight is 447 g/mol. The van der Waals surface area contributed by atoms with Gasteiger partial charge in [0.05, 0.1) is 30.0 Å². The lowest BCUT2D eigenvalue weighted by Gasteiger charge is -2.08. The van der Waals surface area contributed by atoms with Crippen molar-refractivity contribution in [2.45, 2.75) is 6.54 Å². The van der Waals surface area contributed by atoms with Gasteiger partial charge in [-0.05, 0) is 30.3 Å². The predicted octanol–water partition coefficient (Wildman–Crippen LogP) is 2.97. The van der Waals surface area contributed by atoms with Crippen molar-refractivity contribution in [3.8, 4) is 28.6 Å². The molecular weight excluding hydrogens is 430 g/mol. The highest BCUT2D eigenvalue weighted by Gasteiger charge is 2.21. The van der Waals surface area contributed by atoms with E-state index in [4.69, 9.17) is 14.2 Å². The smallest absolute Gasteiger partial charge is 0.270 e. The number of carbonyl (C=O) groups excluding carboxylic acids is 1. The summed E-state index contributed by atoms with van der Waals surface area (Å²) in [5.74, 6) is 1.15. The van der Waals surface area contributed by atoms with Gasteiger partial charge < -0.3 is 19.5 Å². The molecule has 2 aromatic heterocycles. The van der Waals surface area contributed by atoms with Crippen LogP contribution in [0.15, 0.2) is 54.6 Å². The Morgan fingerprint density at radius 2 is 2.03 bits per heavy atom. The molecule has 0 saturated heterocycles. The Labute approximate surface area is 186 Å². The molecule has 1 aliphatic rings. The zero-order chi connectivity index (χ0) is 22.9. The van der Waals surface area contributed by atoms with Crippen LogP contribution >= 0.6 is 0 Å². The average Bonchev–Trinajstić information content (AvgIpc) is 3.45. The largest absolute Gasteiger partial charge is 0.480 e. The molecule has 4 aromatic rings. The van der Waals surface area contributed by atoms with Gasteiger partial charge in [0.15, 0.2) is 17.1 Å². The minimum Gasteiger partial charge on any atom is -0.480 e. The van der Waals surface area contributed by atoms with Crippen LogP contribution in [0, 0.1) is 10.1 Å². The molecule has 0 saturated carbocycles. The van der Waals surface area contributed by atoms with E-state index >= 15 is 0 Å². The van der Waals surface area contributed by atoms with Gasteiger partial charge in [0.25, 0.3) is 11.6 Å². The second kappa shape index (κ2) is 8.11. The third-order valence-electron chi connectivity index (χ3n) is 5.14. The van der Waals surface area contributed by atoms with E-state index in [0.29, 0.717) is 34.4 Å². The number of ether oxygens (including phenoxy) is 3. The number of amides is 1. The number of fused-ring (bicyclic) bond motifs is 2. The lowest BCUT2D eigenvalue weighted by molar-refractivity contribution is -0.384. The molecule has 1 amide bonds. The molecular formula is C22H17N5O6. The monoisotopic (exact) mass is 447 g/mol. The van der Waals surface area contributed by atoms with Crippen molar-refractivity contribution >= 4 is 17.2 Å². The van der Waals surface area contributed by atoms with Crippen LogP contribution in [0.2, 0.25) is 0 Å². The number of methoxy groups -OCH3 is 1. The van der Waals surface area contributed by atoms with E-state index in [2.05, 4.69) is 15.4 Å². The number of nitrogens with zero attached hydrogens (tertiary/aromatic N) is 4. The number of nitro benzene ring substituents is 1. The minimum atomic E-state index is -0.546. The van der Waals surface area contributed by atoms with Crippen molar-refractivity contribution in [3.05, 3.63) is 76.0 Å². The summed E-state index contributed by atoms with van der Waals surface area (Å²) in [5, 5.41) is 18.3. The quantitative estimate of drug-likeness (QED) is 0.353. The van der Waals surface area contributed by atoms with Gasteiger partial charge in [0.1, 0.15) is 0 Å². The first-order valence-corrected chi connectivity index (χ1v) is 9.89. The van der Waals surface area contributed by atoms with Crippen LogP contribution in [0.3, 0.4) is 0 Å². The first kappa shape index (κ1) is 20.2. The maximum absolute atomic E-state index is 12.7. The number of carbonyl (C=O) groups is 1. The van der Waals surface area contributed by atoms with Gasteiger partial charge in [-0.15, -0.1) is 5.10 Å². The number of hydrogen-bond acceptors (Lipinski definition) is 8. The second-order valence-corrected chi connectivity index (χ2v) is 7.11. The first-order valence-electron chi connectivity index (χ1n) is 9.89. The van der Waals surface area contributed by atoms with E-state index in [1.54, 1.807) is 22.7 Å². The van der Waals surface area contributed by atoms with Crippen LogP contribution in [0.1, 0.15) is 16.1 Å². The Kier molecular flexibility index (Phi) is 4.98. The van der Waals surface area contributed by atoms with E-state index in [1.165, 1.54) is 31.4 Å². The molecule has 0 aliphatic carbocycles. The van der Waals surface area contributed by atoms with Gasteiger partial charge in [-0.2, -0.15) is 0 Å². The van der Waals surface area contributed by atoms with Gasteiger partial charge in [0, 0.05) is 29.3 Å². The van der Waals surface area contributed by atoms with Gasteiger partial charge >= 0.3 is 0 Å². The third-order valence-corrected chi connectivity index (χ3v) is 5.14. The fourth-order valence-corrected chi connectivity index (χ4v) is 3.53. The molecule has 1 N–H and O–H groups in total. The topological polar surface area (TPSA) is 130 Å². The molecule has 11 heteroatoms. The molecule has 0 bridgehead atoms. The Bertz CT molecular complexity index is 1400. The second-order valence-electron chi connectivity index (χ2n) is 7.11. The van der Waals surface area contributed by atoms with E-state index in [1.807, 2.05) is 12.1 Å². The third kappa shape index (κ3) is 3.76. The summed E-state index contributed by atoms with van der Waals surface area (Å²) in [6, 6.07) is 14.4. The van der Waals surface area contributed by atoms with E-state index < -0.39 is 10.8 Å². The van der Waals surface area contributed by atoms with Gasteiger partial charge in [-0.1, -0.05) is 6.07 Å². The molecule has 1 aliphatic heterocycles. The fraction of sp³-hybridized carbons (Fsp3) is 0.136. The normalized spacial score (nSPS) is 12.0. The number of hydrogen-bond donors (Lipinski definition) is 1. The summed E-state index contributed by atoms with van der Waals surface area (Å²) in [6.07, 6.45) is 0. The standard InChI is InChI=1S/C22H17N5O6/c1-31-20-8-7-19-24-21(13-5-6-17-18(10-13)33-12-32-17)16(26(19)25-20)11-23-22(28)14-3-2-4-15(9-14)27(29)30/h2-10H,11-12H2,1H3,(H,23,28). The molecule has 0 unspecified atom stereocenters. The van der Waals surface area contributed by atoms with Gasteiger partial charge in [0.2, 0.25) is 12.7 Å². The number of benzene rings is 2. The lowest BCUT2D eigenvalue weighted by Crippen LogP contribution is -2.24. The molecule has 0 atom stereocenters. The van der Waals surface area contributed by atoms with E-state index in [-0.39, 0.29) is 24.6 Å². The summed E-state index contributed by atoms with van der Waals surface area (Å²) < 4.78 is 17.7. The number of non-ortho nitro benzene ring substituents is 1. The zero-order valence-corrected chi connectivity index (χ0v) is 17.3. The van der Waals surface area contributed by atoms with Crippen LogP contribution in [0.5, 0.6) is 17.4 Å². The van der Waals surface area contributed by atoms with Crippen molar-refractivity contribution in [1.29, 1.82) is 0 Å². The minimum absolute atomic E-state index is 0.0621. The van der Waals surface area contributed by atoms with Gasteiger partial charge in [-0.3, -0.25) is 14.9 Å². The molecule has 0 radical (unpaired) electrons. The highest BCUT2D eigenvalue weighted by atomic mass is 16.7. The Morgan fingerprint density at radius 3 is 2.85 bits per heavy atom. The van der Waals surface area contributed by atoms with E-state index in [9.17, 15) is 14.9 Å². The number of nitro groups is 1. The summed E-state index contributed by atoms with van der Waals surface area (Å²) in [7, 11) is 1.51. The summed E-state index contributed by atoms with van der Waals surface area (Å²) in [5.41, 5.74) is 2.51. The summed E-state index contributed by atoms with van der Waals surface area (Å²) in [4.78, 5) is 27.9. The van der Waals surface area contributed by atoms with Crippen LogP contribution in [0.25, 0.3) is 16.9 Å². The molecule has 0 fully saturated rings. The maximum Gasteiger partial charge on any atom is 0.270 e. The highest BCUT2D eigenvalue weighted by Crippen LogP contribution is 2.36. The molecule has 33 heavy (non-hydrogen) atoms. The van der Waals surface area contributed by atoms with Crippen molar-refractivity contribution in [1.82, 2.24) is 19.9 Å². The molecule has 11 nitrogen and oxygen atoms in total. The zero-order valence-electron chi connectivity index (χ0n) is 17.3. The molecule has 166 valence electrons. The molecule has 5 rings (SSSR count). The first-order chi connectivity index (χ1) is 16.0. The van der Waals surface area contributed by atoms with Crippen LogP contribution in [-0.4, -0.2) is 39.3 Å². The van der Waals surface area contributed by atoms with Crippen molar-refractivity contribution in [3.63, 3.8) is 0 Å². The lowest BCUT2D eigenvalue weighted by atomic mass is 10.1. The van der Waals surface area contributed by atoms with Crippen LogP contribution in [0.4, 0.5) is 5.69 Å². The highest BCUT2D eigenvalue weighted by molar-refractivity contribution is 5.94. The van der Waals surface area contributed by atoms with Crippen molar-refractivity contribution in [2.75, 3.05) is 13.9 Å². The Morgan fingerprint density at radius 1 is 1.18 bits per heavy atom. The molecule has 3 heterocycles. The number of aromatic nitrogens is 3. The Balaban J connectivity index is 1.52. The van der Waals surface area contributed by atoms with Gasteiger partial charge in [-0.25, -0.2) is 9.50 Å². The van der Waals surface area contributed by atoms with Crippen molar-refractivity contribution < 1.29 is 23.9 Å². The number of rotatable bonds is 6. The molecule has 2 aromatic carbocycles. The number of imidazole rings is 1. The molecule has 0 spiro atoms. The predicted molar refractivity (Wildman–Crippen MR) is 115 cm³/mol. The Hall–Kier alpha value is -4.67. The van der Waals surface area contributed by atoms with Crippen LogP contribution in [-0.2, 0) is 6.54 Å². The SMILES string of the molecule is COc1ccc2nc(-c3ccc4c(c3)OCO4)c(CNC(=O)c3cccc([N+](=O)[O-])c3)n2n1. The van der Waals surface area contributed by atoms with Crippen LogP contribution < -0.4 is 19.5 Å². The van der Waals surface area contributed by atoms with E-state index in [0.717, 1.165) is 5.56 Å². The van der Waals surface area contributed by atoms with Crippen molar-refractivity contribution in [2.24, 2.45) is 0 Å². The fourth-order valence-electron chi connectivity index (χ4n) is 3.53. The summed E-state index contributed by atoms with van der Waals surface area (Å²) in [6.45, 7) is 0.210.